The fourth-order valence-corrected chi connectivity index (χ4v) is 3.24. The van der Waals surface area contributed by atoms with Crippen molar-refractivity contribution in [2.45, 2.75) is 18.8 Å². The van der Waals surface area contributed by atoms with Crippen LogP contribution in [-0.2, 0) is 5.88 Å². The number of fused-ring (bicyclic) bond motifs is 1. The number of rotatable bonds is 3. The summed E-state index contributed by atoms with van der Waals surface area (Å²) in [5, 5.41) is 2.10. The number of hydrogen-bond donors (Lipinski definition) is 0. The van der Waals surface area contributed by atoms with Gasteiger partial charge in [0.1, 0.15) is 5.82 Å². The molecule has 0 saturated carbocycles. The number of aromatic nitrogens is 2. The summed E-state index contributed by atoms with van der Waals surface area (Å²) in [6, 6.07) is 12.7. The van der Waals surface area contributed by atoms with E-state index in [1.165, 1.54) is 4.88 Å². The fraction of sp³-hybridized carbons (Fsp3) is 0.214. The number of alkyl halides is 1. The molecule has 2 heterocycles. The molecule has 0 bridgehead atoms. The van der Waals surface area contributed by atoms with Crippen molar-refractivity contribution >= 4 is 34.0 Å². The lowest BCUT2D eigenvalue weighted by Gasteiger charge is -2.15. The Morgan fingerprint density at radius 1 is 1.28 bits per heavy atom. The highest BCUT2D eigenvalue weighted by molar-refractivity contribution is 7.10. The van der Waals surface area contributed by atoms with Crippen molar-refractivity contribution in [2.24, 2.45) is 0 Å². The minimum absolute atomic E-state index is 0.270. The van der Waals surface area contributed by atoms with E-state index in [2.05, 4.69) is 40.1 Å². The van der Waals surface area contributed by atoms with Gasteiger partial charge in [0.05, 0.1) is 23.0 Å². The number of imidazole rings is 1. The predicted octanol–water partition coefficient (Wildman–Crippen LogP) is 4.45. The van der Waals surface area contributed by atoms with Crippen LogP contribution in [0.5, 0.6) is 0 Å². The first-order chi connectivity index (χ1) is 8.81. The number of nitrogens with zero attached hydrogens (tertiary/aromatic N) is 2. The van der Waals surface area contributed by atoms with Gasteiger partial charge < -0.3 is 4.57 Å². The van der Waals surface area contributed by atoms with E-state index in [4.69, 9.17) is 11.6 Å². The molecule has 2 aromatic heterocycles. The summed E-state index contributed by atoms with van der Waals surface area (Å²) in [5.74, 6) is 1.36. The summed E-state index contributed by atoms with van der Waals surface area (Å²) >= 11 is 7.79. The molecule has 0 saturated heterocycles. The molecule has 0 aliphatic rings. The van der Waals surface area contributed by atoms with E-state index in [1.54, 1.807) is 11.3 Å². The average molecular weight is 277 g/mol. The van der Waals surface area contributed by atoms with Crippen molar-refractivity contribution < 1.29 is 0 Å². The van der Waals surface area contributed by atoms with Crippen LogP contribution in [0, 0.1) is 0 Å². The van der Waals surface area contributed by atoms with Gasteiger partial charge in [-0.2, -0.15) is 0 Å². The second kappa shape index (κ2) is 4.75. The van der Waals surface area contributed by atoms with Crippen LogP contribution in [0.4, 0.5) is 0 Å². The Morgan fingerprint density at radius 2 is 2.11 bits per heavy atom. The summed E-state index contributed by atoms with van der Waals surface area (Å²) in [4.78, 5) is 5.92. The standard InChI is InChI=1S/C14H13ClN2S/c1-10(13-7-4-8-18-13)17-12-6-3-2-5-11(12)16-14(17)9-15/h2-8,10H,9H2,1H3. The molecule has 0 aliphatic heterocycles. The van der Waals surface area contributed by atoms with Crippen LogP contribution in [0.1, 0.15) is 23.7 Å². The number of benzene rings is 1. The van der Waals surface area contributed by atoms with Crippen LogP contribution in [0.15, 0.2) is 41.8 Å². The maximum absolute atomic E-state index is 6.03. The zero-order chi connectivity index (χ0) is 12.5. The van der Waals surface area contributed by atoms with E-state index < -0.39 is 0 Å². The summed E-state index contributed by atoms with van der Waals surface area (Å²) in [7, 11) is 0. The van der Waals surface area contributed by atoms with Gasteiger partial charge in [0, 0.05) is 4.88 Å². The van der Waals surface area contributed by atoms with Gasteiger partial charge in [-0.15, -0.1) is 22.9 Å². The smallest absolute Gasteiger partial charge is 0.125 e. The van der Waals surface area contributed by atoms with Crippen LogP contribution in [0.25, 0.3) is 11.0 Å². The molecule has 0 radical (unpaired) electrons. The molecular weight excluding hydrogens is 264 g/mol. The second-order valence-corrected chi connectivity index (χ2v) is 5.46. The summed E-state index contributed by atoms with van der Waals surface area (Å²) in [5.41, 5.74) is 2.16. The highest BCUT2D eigenvalue weighted by Crippen LogP contribution is 2.29. The third kappa shape index (κ3) is 1.84. The molecule has 1 atom stereocenters. The van der Waals surface area contributed by atoms with Crippen molar-refractivity contribution in [3.8, 4) is 0 Å². The Morgan fingerprint density at radius 3 is 2.83 bits per heavy atom. The SMILES string of the molecule is CC(c1cccs1)n1c(CCl)nc2ccccc21. The second-order valence-electron chi connectivity index (χ2n) is 4.21. The van der Waals surface area contributed by atoms with Crippen LogP contribution < -0.4 is 0 Å². The van der Waals surface area contributed by atoms with Gasteiger partial charge in [-0.1, -0.05) is 18.2 Å². The first-order valence-corrected chi connectivity index (χ1v) is 7.28. The van der Waals surface area contributed by atoms with Crippen molar-refractivity contribution in [3.63, 3.8) is 0 Å². The first-order valence-electron chi connectivity index (χ1n) is 5.86. The lowest BCUT2D eigenvalue weighted by Crippen LogP contribution is -2.08. The van der Waals surface area contributed by atoms with Gasteiger partial charge in [-0.05, 0) is 30.5 Å². The summed E-state index contributed by atoms with van der Waals surface area (Å²) < 4.78 is 2.23. The Balaban J connectivity index is 2.20. The van der Waals surface area contributed by atoms with Gasteiger partial charge in [0.25, 0.3) is 0 Å². The Bertz CT molecular complexity index is 658. The van der Waals surface area contributed by atoms with Crippen molar-refractivity contribution in [2.75, 3.05) is 0 Å². The van der Waals surface area contributed by atoms with Gasteiger partial charge in [-0.3, -0.25) is 0 Å². The molecule has 0 amide bonds. The molecule has 18 heavy (non-hydrogen) atoms. The fourth-order valence-electron chi connectivity index (χ4n) is 2.28. The number of thiophene rings is 1. The van der Waals surface area contributed by atoms with Gasteiger partial charge in [-0.25, -0.2) is 4.98 Å². The van der Waals surface area contributed by atoms with Crippen LogP contribution in [0.3, 0.4) is 0 Å². The predicted molar refractivity (Wildman–Crippen MR) is 77.4 cm³/mol. The van der Waals surface area contributed by atoms with E-state index in [0.717, 1.165) is 16.9 Å². The zero-order valence-corrected chi connectivity index (χ0v) is 11.6. The molecule has 92 valence electrons. The topological polar surface area (TPSA) is 17.8 Å². The number of halogens is 1. The molecule has 4 heteroatoms. The van der Waals surface area contributed by atoms with E-state index in [-0.39, 0.29) is 6.04 Å². The third-order valence-corrected chi connectivity index (χ3v) is 4.41. The summed E-state index contributed by atoms with van der Waals surface area (Å²) in [6.07, 6.45) is 0. The lowest BCUT2D eigenvalue weighted by atomic mass is 10.2. The van der Waals surface area contributed by atoms with E-state index in [1.807, 2.05) is 18.2 Å². The zero-order valence-electron chi connectivity index (χ0n) is 10.0. The molecular formula is C14H13ClN2S. The number of para-hydroxylation sites is 2. The van der Waals surface area contributed by atoms with Crippen molar-refractivity contribution in [1.82, 2.24) is 9.55 Å². The molecule has 0 spiro atoms. The lowest BCUT2D eigenvalue weighted by molar-refractivity contribution is 0.644. The van der Waals surface area contributed by atoms with Crippen molar-refractivity contribution in [3.05, 3.63) is 52.5 Å². The Hall–Kier alpha value is -1.32. The largest absolute Gasteiger partial charge is 0.319 e. The first kappa shape index (κ1) is 11.8. The minimum atomic E-state index is 0.270. The molecule has 2 nitrogen and oxygen atoms in total. The maximum Gasteiger partial charge on any atom is 0.125 e. The molecule has 3 aromatic rings. The quantitative estimate of drug-likeness (QED) is 0.647. The summed E-state index contributed by atoms with van der Waals surface area (Å²) in [6.45, 7) is 2.19. The highest BCUT2D eigenvalue weighted by atomic mass is 35.5. The Labute approximate surface area is 115 Å². The molecule has 0 aliphatic carbocycles. The molecule has 0 N–H and O–H groups in total. The maximum atomic E-state index is 6.03. The number of hydrogen-bond acceptors (Lipinski definition) is 2. The Kier molecular flexibility index (Phi) is 3.10. The van der Waals surface area contributed by atoms with Gasteiger partial charge in [0.15, 0.2) is 0 Å². The minimum Gasteiger partial charge on any atom is -0.319 e. The van der Waals surface area contributed by atoms with E-state index in [0.29, 0.717) is 5.88 Å². The van der Waals surface area contributed by atoms with Crippen LogP contribution >= 0.6 is 22.9 Å². The monoisotopic (exact) mass is 276 g/mol. The van der Waals surface area contributed by atoms with E-state index in [9.17, 15) is 0 Å². The molecule has 3 rings (SSSR count). The van der Waals surface area contributed by atoms with Crippen LogP contribution in [-0.4, -0.2) is 9.55 Å². The van der Waals surface area contributed by atoms with Crippen molar-refractivity contribution in [1.29, 1.82) is 0 Å². The van der Waals surface area contributed by atoms with E-state index >= 15 is 0 Å². The van der Waals surface area contributed by atoms with Gasteiger partial charge >= 0.3 is 0 Å². The highest BCUT2D eigenvalue weighted by Gasteiger charge is 2.16. The normalized spacial score (nSPS) is 13.0. The average Bonchev–Trinajstić information content (AvgIpc) is 3.04. The molecule has 1 unspecified atom stereocenters. The molecule has 0 fully saturated rings. The van der Waals surface area contributed by atoms with Crippen LogP contribution in [0.2, 0.25) is 0 Å². The molecule has 1 aromatic carbocycles. The van der Waals surface area contributed by atoms with Gasteiger partial charge in [0.2, 0.25) is 0 Å². The third-order valence-electron chi connectivity index (χ3n) is 3.13.